The van der Waals surface area contributed by atoms with Crippen molar-refractivity contribution in [3.63, 3.8) is 0 Å². The summed E-state index contributed by atoms with van der Waals surface area (Å²) in [4.78, 5) is 0. The number of rotatable bonds is 5. The highest BCUT2D eigenvalue weighted by atomic mass is 35.5. The number of hydrogen-bond acceptors (Lipinski definition) is 2. The molecule has 0 amide bonds. The van der Waals surface area contributed by atoms with E-state index in [1.807, 2.05) is 6.92 Å². The van der Waals surface area contributed by atoms with E-state index in [1.165, 1.54) is 6.07 Å². The molecule has 0 bridgehead atoms. The van der Waals surface area contributed by atoms with Crippen molar-refractivity contribution in [3.8, 4) is 0 Å². The first kappa shape index (κ1) is 13.4. The minimum absolute atomic E-state index is 0.0745. The van der Waals surface area contributed by atoms with Gasteiger partial charge in [0.1, 0.15) is 5.82 Å². The molecule has 0 fully saturated rings. The van der Waals surface area contributed by atoms with Gasteiger partial charge < -0.3 is 10.8 Å². The van der Waals surface area contributed by atoms with Gasteiger partial charge in [0, 0.05) is 13.0 Å². The molecule has 0 radical (unpaired) electrons. The lowest BCUT2D eigenvalue weighted by Crippen LogP contribution is -2.39. The van der Waals surface area contributed by atoms with E-state index >= 15 is 0 Å². The molecule has 0 aliphatic heterocycles. The van der Waals surface area contributed by atoms with E-state index in [-0.39, 0.29) is 18.0 Å². The van der Waals surface area contributed by atoms with E-state index in [2.05, 4.69) is 0 Å². The first-order valence-corrected chi connectivity index (χ1v) is 5.75. The van der Waals surface area contributed by atoms with Crippen molar-refractivity contribution in [2.24, 2.45) is 5.73 Å². The lowest BCUT2D eigenvalue weighted by atomic mass is 9.90. The Morgan fingerprint density at radius 1 is 1.50 bits per heavy atom. The zero-order valence-corrected chi connectivity index (χ0v) is 10.1. The molecular formula is C12H17ClFNO. The summed E-state index contributed by atoms with van der Waals surface area (Å²) in [5, 5.41) is 10.3. The standard InChI is InChI=1S/C12H17ClFNO/c1-2-6-12(16,8-15)7-9-4-3-5-10(14)11(9)13/h3-5,16H,2,6-8,15H2,1H3. The van der Waals surface area contributed by atoms with Crippen LogP contribution in [0.1, 0.15) is 25.3 Å². The molecule has 0 spiro atoms. The number of halogens is 2. The highest BCUT2D eigenvalue weighted by Gasteiger charge is 2.25. The fourth-order valence-corrected chi connectivity index (χ4v) is 1.96. The molecule has 1 aromatic carbocycles. The maximum absolute atomic E-state index is 13.2. The van der Waals surface area contributed by atoms with Gasteiger partial charge in [0.25, 0.3) is 0 Å². The topological polar surface area (TPSA) is 46.2 Å². The number of aliphatic hydroxyl groups is 1. The van der Waals surface area contributed by atoms with Crippen LogP contribution in [0.4, 0.5) is 4.39 Å². The SMILES string of the molecule is CCCC(O)(CN)Cc1cccc(F)c1Cl. The molecule has 0 aliphatic rings. The van der Waals surface area contributed by atoms with Crippen molar-refractivity contribution < 1.29 is 9.50 Å². The Labute approximate surface area is 100 Å². The number of hydrogen-bond donors (Lipinski definition) is 2. The van der Waals surface area contributed by atoms with Crippen molar-refractivity contribution >= 4 is 11.6 Å². The Balaban J connectivity index is 2.90. The average molecular weight is 246 g/mol. The summed E-state index contributed by atoms with van der Waals surface area (Å²) < 4.78 is 13.2. The Bertz CT molecular complexity index is 359. The van der Waals surface area contributed by atoms with E-state index < -0.39 is 11.4 Å². The fraction of sp³-hybridized carbons (Fsp3) is 0.500. The van der Waals surface area contributed by atoms with E-state index in [4.69, 9.17) is 17.3 Å². The highest BCUT2D eigenvalue weighted by Crippen LogP contribution is 2.25. The van der Waals surface area contributed by atoms with Crippen LogP contribution in [-0.2, 0) is 6.42 Å². The summed E-state index contributed by atoms with van der Waals surface area (Å²) in [6.07, 6.45) is 1.69. The second-order valence-corrected chi connectivity index (χ2v) is 4.45. The molecular weight excluding hydrogens is 229 g/mol. The normalized spacial score (nSPS) is 14.8. The van der Waals surface area contributed by atoms with Crippen molar-refractivity contribution in [3.05, 3.63) is 34.6 Å². The number of nitrogens with two attached hydrogens (primary N) is 1. The average Bonchev–Trinajstić information content (AvgIpc) is 2.25. The van der Waals surface area contributed by atoms with E-state index in [0.29, 0.717) is 12.0 Å². The minimum Gasteiger partial charge on any atom is -0.388 e. The first-order chi connectivity index (χ1) is 7.52. The third kappa shape index (κ3) is 3.17. The summed E-state index contributed by atoms with van der Waals surface area (Å²) in [7, 11) is 0. The maximum atomic E-state index is 13.2. The lowest BCUT2D eigenvalue weighted by molar-refractivity contribution is 0.0398. The summed E-state index contributed by atoms with van der Waals surface area (Å²) in [6.45, 7) is 2.11. The largest absolute Gasteiger partial charge is 0.388 e. The van der Waals surface area contributed by atoms with Gasteiger partial charge in [-0.25, -0.2) is 4.39 Å². The summed E-state index contributed by atoms with van der Waals surface area (Å²) >= 11 is 5.83. The van der Waals surface area contributed by atoms with Gasteiger partial charge in [-0.2, -0.15) is 0 Å². The molecule has 1 unspecified atom stereocenters. The predicted molar refractivity (Wildman–Crippen MR) is 64.0 cm³/mol. The molecule has 0 saturated carbocycles. The number of benzene rings is 1. The Morgan fingerprint density at radius 3 is 2.75 bits per heavy atom. The third-order valence-corrected chi connectivity index (χ3v) is 3.07. The molecule has 1 rings (SSSR count). The van der Waals surface area contributed by atoms with Crippen LogP contribution in [0.3, 0.4) is 0 Å². The molecule has 16 heavy (non-hydrogen) atoms. The minimum atomic E-state index is -0.994. The van der Waals surface area contributed by atoms with Gasteiger partial charge in [0.2, 0.25) is 0 Å². The van der Waals surface area contributed by atoms with Crippen molar-refractivity contribution in [2.45, 2.75) is 31.8 Å². The van der Waals surface area contributed by atoms with Gasteiger partial charge in [-0.15, -0.1) is 0 Å². The molecule has 2 nitrogen and oxygen atoms in total. The fourth-order valence-electron chi connectivity index (χ4n) is 1.77. The van der Waals surface area contributed by atoms with E-state index in [0.717, 1.165) is 6.42 Å². The van der Waals surface area contributed by atoms with Crippen LogP contribution in [0.25, 0.3) is 0 Å². The van der Waals surface area contributed by atoms with Crippen LogP contribution in [0.2, 0.25) is 5.02 Å². The van der Waals surface area contributed by atoms with Crippen LogP contribution >= 0.6 is 11.6 Å². The predicted octanol–water partition coefficient (Wildman–Crippen LogP) is 2.51. The van der Waals surface area contributed by atoms with Crippen LogP contribution in [0.15, 0.2) is 18.2 Å². The first-order valence-electron chi connectivity index (χ1n) is 5.38. The summed E-state index contributed by atoms with van der Waals surface area (Å²) in [5.74, 6) is -0.463. The molecule has 0 heterocycles. The Kier molecular flexibility index (Phi) is 4.71. The van der Waals surface area contributed by atoms with Gasteiger partial charge in [-0.1, -0.05) is 37.1 Å². The smallest absolute Gasteiger partial charge is 0.142 e. The molecule has 1 atom stereocenters. The van der Waals surface area contributed by atoms with Crippen molar-refractivity contribution in [2.75, 3.05) is 6.54 Å². The zero-order chi connectivity index (χ0) is 12.2. The molecule has 0 aromatic heterocycles. The summed E-state index contributed by atoms with van der Waals surface area (Å²) in [6, 6.07) is 4.59. The molecule has 0 saturated heterocycles. The second kappa shape index (κ2) is 5.62. The third-order valence-electron chi connectivity index (χ3n) is 2.65. The van der Waals surface area contributed by atoms with E-state index in [1.54, 1.807) is 12.1 Å². The molecule has 4 heteroatoms. The van der Waals surface area contributed by atoms with Gasteiger partial charge >= 0.3 is 0 Å². The van der Waals surface area contributed by atoms with Crippen molar-refractivity contribution in [1.82, 2.24) is 0 Å². The summed E-state index contributed by atoms with van der Waals surface area (Å²) in [5.41, 5.74) is 5.15. The maximum Gasteiger partial charge on any atom is 0.142 e. The van der Waals surface area contributed by atoms with Crippen LogP contribution in [0, 0.1) is 5.82 Å². The highest BCUT2D eigenvalue weighted by molar-refractivity contribution is 6.31. The van der Waals surface area contributed by atoms with Gasteiger partial charge in [-0.3, -0.25) is 0 Å². The molecule has 3 N–H and O–H groups in total. The lowest BCUT2D eigenvalue weighted by Gasteiger charge is -2.26. The van der Waals surface area contributed by atoms with Crippen LogP contribution in [-0.4, -0.2) is 17.3 Å². The van der Waals surface area contributed by atoms with Crippen molar-refractivity contribution in [1.29, 1.82) is 0 Å². The van der Waals surface area contributed by atoms with Gasteiger partial charge in [0.15, 0.2) is 0 Å². The molecule has 1 aromatic rings. The van der Waals surface area contributed by atoms with Gasteiger partial charge in [0.05, 0.1) is 10.6 Å². The van der Waals surface area contributed by atoms with Crippen LogP contribution < -0.4 is 5.73 Å². The quantitative estimate of drug-likeness (QED) is 0.837. The zero-order valence-electron chi connectivity index (χ0n) is 9.34. The molecule has 90 valence electrons. The van der Waals surface area contributed by atoms with Gasteiger partial charge in [-0.05, 0) is 18.1 Å². The van der Waals surface area contributed by atoms with Crippen LogP contribution in [0.5, 0.6) is 0 Å². The monoisotopic (exact) mass is 245 g/mol. The second-order valence-electron chi connectivity index (χ2n) is 4.07. The van der Waals surface area contributed by atoms with E-state index in [9.17, 15) is 9.50 Å². The molecule has 0 aliphatic carbocycles. The Morgan fingerprint density at radius 2 is 2.19 bits per heavy atom. The Hall–Kier alpha value is -0.640.